The van der Waals surface area contributed by atoms with Crippen molar-refractivity contribution in [3.63, 3.8) is 0 Å². The van der Waals surface area contributed by atoms with E-state index in [1.165, 1.54) is 0 Å². The minimum Gasteiger partial charge on any atom is -0.304 e. The molecule has 0 aliphatic heterocycles. The molecule has 0 aliphatic rings. The highest BCUT2D eigenvalue weighted by molar-refractivity contribution is 7.16. The Morgan fingerprint density at radius 1 is 1.31 bits per heavy atom. The summed E-state index contributed by atoms with van der Waals surface area (Å²) in [6.45, 7) is 3.63. The molecule has 0 bridgehead atoms. The maximum Gasteiger partial charge on any atom is 0.149 e. The Morgan fingerprint density at radius 2 is 1.92 bits per heavy atom. The molecule has 0 radical (unpaired) electrons. The second kappa shape index (κ2) is 7.16. The molecule has 0 aromatic carbocycles. The molecule has 0 aromatic heterocycles. The van der Waals surface area contributed by atoms with Gasteiger partial charge in [0.25, 0.3) is 0 Å². The second-order valence-corrected chi connectivity index (χ2v) is 3.29. The van der Waals surface area contributed by atoms with Crippen LogP contribution in [0.5, 0.6) is 0 Å². The maximum atomic E-state index is 11.3. The summed E-state index contributed by atoms with van der Waals surface area (Å²) in [7, 11) is 2.49. The standard InChI is InChI=1S/C9H18NO2P/c1-3-7(11)5-8(10-6-13)9(12)4-2/h8,10H,3-6,13H2,1-2H3. The number of Topliss-reactive ketones (excluding diaryl/α,β-unsaturated/α-hetero) is 2. The molecule has 4 heteroatoms. The van der Waals surface area contributed by atoms with Gasteiger partial charge in [0.2, 0.25) is 0 Å². The molecule has 0 heterocycles. The van der Waals surface area contributed by atoms with Gasteiger partial charge in [-0.05, 0) is 0 Å². The van der Waals surface area contributed by atoms with E-state index < -0.39 is 0 Å². The van der Waals surface area contributed by atoms with E-state index in [9.17, 15) is 9.59 Å². The van der Waals surface area contributed by atoms with Gasteiger partial charge in [0.05, 0.1) is 6.04 Å². The van der Waals surface area contributed by atoms with Crippen molar-refractivity contribution in [1.82, 2.24) is 5.32 Å². The topological polar surface area (TPSA) is 46.2 Å². The predicted molar refractivity (Wildman–Crippen MR) is 56.7 cm³/mol. The summed E-state index contributed by atoms with van der Waals surface area (Å²) in [6, 6.07) is -0.282. The van der Waals surface area contributed by atoms with Crippen LogP contribution in [0, 0.1) is 0 Å². The van der Waals surface area contributed by atoms with Crippen molar-refractivity contribution in [3.8, 4) is 0 Å². The van der Waals surface area contributed by atoms with Gasteiger partial charge >= 0.3 is 0 Å². The summed E-state index contributed by atoms with van der Waals surface area (Å²) in [5.41, 5.74) is 0. The molecule has 0 aromatic rings. The van der Waals surface area contributed by atoms with Gasteiger partial charge in [0.15, 0.2) is 0 Å². The largest absolute Gasteiger partial charge is 0.304 e. The average molecular weight is 203 g/mol. The van der Waals surface area contributed by atoms with Gasteiger partial charge in [-0.25, -0.2) is 0 Å². The zero-order valence-electron chi connectivity index (χ0n) is 8.30. The van der Waals surface area contributed by atoms with Crippen LogP contribution >= 0.6 is 9.24 Å². The third-order valence-corrected chi connectivity index (χ3v) is 2.16. The van der Waals surface area contributed by atoms with Crippen LogP contribution in [0.15, 0.2) is 0 Å². The molecule has 1 N–H and O–H groups in total. The lowest BCUT2D eigenvalue weighted by Crippen LogP contribution is -2.37. The van der Waals surface area contributed by atoms with Gasteiger partial charge in [-0.1, -0.05) is 13.8 Å². The minimum atomic E-state index is -0.282. The highest BCUT2D eigenvalue weighted by Crippen LogP contribution is 2.01. The fourth-order valence-electron chi connectivity index (χ4n) is 1.06. The number of ketones is 2. The summed E-state index contributed by atoms with van der Waals surface area (Å²) in [5.74, 6) is 0.252. The van der Waals surface area contributed by atoms with Crippen molar-refractivity contribution in [1.29, 1.82) is 0 Å². The Kier molecular flexibility index (Phi) is 7.02. The molecule has 3 nitrogen and oxygen atoms in total. The van der Waals surface area contributed by atoms with E-state index in [0.717, 1.165) is 0 Å². The highest BCUT2D eigenvalue weighted by Gasteiger charge is 2.17. The lowest BCUT2D eigenvalue weighted by molar-refractivity contribution is -0.125. The third-order valence-electron chi connectivity index (χ3n) is 1.93. The quantitative estimate of drug-likeness (QED) is 0.631. The Hall–Kier alpha value is -0.270. The average Bonchev–Trinajstić information content (AvgIpc) is 2.15. The van der Waals surface area contributed by atoms with Crippen molar-refractivity contribution in [2.24, 2.45) is 0 Å². The fraction of sp³-hybridized carbons (Fsp3) is 0.778. The number of hydrogen-bond donors (Lipinski definition) is 1. The number of hydrogen-bond acceptors (Lipinski definition) is 3. The first-order chi connectivity index (χ1) is 6.15. The molecule has 13 heavy (non-hydrogen) atoms. The summed E-state index contributed by atoms with van der Waals surface area (Å²) < 4.78 is 0. The van der Waals surface area contributed by atoms with Crippen LogP contribution in [-0.2, 0) is 9.59 Å². The number of nitrogens with one attached hydrogen (secondary N) is 1. The van der Waals surface area contributed by atoms with Gasteiger partial charge < -0.3 is 5.32 Å². The molecule has 0 saturated heterocycles. The lowest BCUT2D eigenvalue weighted by atomic mass is 10.0. The minimum absolute atomic E-state index is 0.115. The lowest BCUT2D eigenvalue weighted by Gasteiger charge is -2.14. The predicted octanol–water partition coefficient (Wildman–Crippen LogP) is 1.13. The van der Waals surface area contributed by atoms with Crippen molar-refractivity contribution < 1.29 is 9.59 Å². The highest BCUT2D eigenvalue weighted by atomic mass is 31.0. The summed E-state index contributed by atoms with van der Waals surface area (Å²) in [5, 5.41) is 2.99. The smallest absolute Gasteiger partial charge is 0.149 e. The van der Waals surface area contributed by atoms with Gasteiger partial charge in [0.1, 0.15) is 11.6 Å². The molecule has 0 aliphatic carbocycles. The molecular weight excluding hydrogens is 185 g/mol. The molecule has 2 unspecified atom stereocenters. The summed E-state index contributed by atoms with van der Waals surface area (Å²) in [6.07, 6.45) is 1.97. The van der Waals surface area contributed by atoms with E-state index in [1.807, 2.05) is 13.8 Å². The van der Waals surface area contributed by atoms with Crippen LogP contribution in [0.4, 0.5) is 0 Å². The van der Waals surface area contributed by atoms with Crippen molar-refractivity contribution in [2.45, 2.75) is 39.2 Å². The van der Waals surface area contributed by atoms with E-state index in [2.05, 4.69) is 14.6 Å². The first-order valence-corrected chi connectivity index (χ1v) is 5.45. The Bertz CT molecular complexity index is 182. The molecule has 0 saturated carbocycles. The van der Waals surface area contributed by atoms with Crippen LogP contribution in [0.2, 0.25) is 0 Å². The van der Waals surface area contributed by atoms with E-state index in [0.29, 0.717) is 25.5 Å². The van der Waals surface area contributed by atoms with Gasteiger partial charge in [-0.3, -0.25) is 9.59 Å². The van der Waals surface area contributed by atoms with Crippen LogP contribution in [-0.4, -0.2) is 23.9 Å². The normalized spacial score (nSPS) is 12.5. The first-order valence-electron chi connectivity index (χ1n) is 4.63. The second-order valence-electron chi connectivity index (χ2n) is 2.88. The molecule has 0 rings (SSSR count). The molecule has 76 valence electrons. The van der Waals surface area contributed by atoms with Gasteiger partial charge in [-0.15, -0.1) is 9.24 Å². The zero-order chi connectivity index (χ0) is 10.3. The Balaban J connectivity index is 4.08. The van der Waals surface area contributed by atoms with Gasteiger partial charge in [-0.2, -0.15) is 0 Å². The fourth-order valence-corrected chi connectivity index (χ4v) is 1.35. The Labute approximate surface area is 81.9 Å². The molecule has 0 amide bonds. The van der Waals surface area contributed by atoms with Crippen LogP contribution in [0.25, 0.3) is 0 Å². The number of carbonyl (C=O) groups is 2. The van der Waals surface area contributed by atoms with E-state index in [-0.39, 0.29) is 17.6 Å². The first kappa shape index (κ1) is 12.7. The van der Waals surface area contributed by atoms with Crippen molar-refractivity contribution in [3.05, 3.63) is 0 Å². The SMILES string of the molecule is CCC(=O)CC(NCP)C(=O)CC. The third kappa shape index (κ3) is 5.12. The van der Waals surface area contributed by atoms with Gasteiger partial charge in [0, 0.05) is 25.5 Å². The van der Waals surface area contributed by atoms with E-state index >= 15 is 0 Å². The number of rotatable bonds is 7. The molecular formula is C9H18NO2P. The van der Waals surface area contributed by atoms with Crippen LogP contribution in [0.3, 0.4) is 0 Å². The molecule has 0 spiro atoms. The van der Waals surface area contributed by atoms with E-state index in [1.54, 1.807) is 0 Å². The summed E-state index contributed by atoms with van der Waals surface area (Å²) in [4.78, 5) is 22.4. The van der Waals surface area contributed by atoms with Crippen LogP contribution < -0.4 is 5.32 Å². The molecule has 0 fully saturated rings. The monoisotopic (exact) mass is 203 g/mol. The molecule has 2 atom stereocenters. The van der Waals surface area contributed by atoms with Crippen molar-refractivity contribution >= 4 is 20.8 Å². The van der Waals surface area contributed by atoms with Crippen LogP contribution in [0.1, 0.15) is 33.1 Å². The van der Waals surface area contributed by atoms with Crippen molar-refractivity contribution in [2.75, 3.05) is 6.29 Å². The maximum absolute atomic E-state index is 11.3. The zero-order valence-corrected chi connectivity index (χ0v) is 9.45. The summed E-state index contributed by atoms with van der Waals surface area (Å²) >= 11 is 0. The number of carbonyl (C=O) groups excluding carboxylic acids is 2. The van der Waals surface area contributed by atoms with E-state index in [4.69, 9.17) is 0 Å². The Morgan fingerprint density at radius 3 is 2.31 bits per heavy atom.